The zero-order chi connectivity index (χ0) is 13.8. The third-order valence-corrected chi connectivity index (χ3v) is 2.21. The number of benzene rings is 1. The molecule has 0 spiro atoms. The Morgan fingerprint density at radius 1 is 1.39 bits per heavy atom. The van der Waals surface area contributed by atoms with Crippen LogP contribution in [0.5, 0.6) is 0 Å². The molecular weight excluding hydrogens is 247 g/mol. The highest BCUT2D eigenvalue weighted by molar-refractivity contribution is 5.82. The summed E-state index contributed by atoms with van der Waals surface area (Å²) in [5.74, 6) is -0.592. The highest BCUT2D eigenvalue weighted by Crippen LogP contribution is 2.33. The molecule has 0 aliphatic rings. The van der Waals surface area contributed by atoms with Gasteiger partial charge in [0.25, 0.3) is 0 Å². The molecular formula is C12H12F3NO2. The number of carbonyl (C=O) groups is 1. The number of nitrogens with one attached hydrogen (secondary N) is 1. The van der Waals surface area contributed by atoms with Crippen LogP contribution in [-0.2, 0) is 15.7 Å². The zero-order valence-electron chi connectivity index (χ0n) is 9.84. The van der Waals surface area contributed by atoms with Gasteiger partial charge >= 0.3 is 12.1 Å². The summed E-state index contributed by atoms with van der Waals surface area (Å²) in [6.07, 6.45) is -2.10. The Hall–Kier alpha value is -1.98. The van der Waals surface area contributed by atoms with Crippen molar-refractivity contribution in [1.82, 2.24) is 0 Å². The number of esters is 1. The molecule has 18 heavy (non-hydrogen) atoms. The molecule has 0 aromatic heterocycles. The largest absolute Gasteiger partial charge is 0.466 e. The van der Waals surface area contributed by atoms with Gasteiger partial charge in [-0.2, -0.15) is 13.2 Å². The third-order valence-electron chi connectivity index (χ3n) is 2.21. The Labute approximate surface area is 102 Å². The fourth-order valence-corrected chi connectivity index (χ4v) is 1.29. The molecule has 1 N–H and O–H groups in total. The molecule has 0 radical (unpaired) electrons. The van der Waals surface area contributed by atoms with Gasteiger partial charge in [-0.1, -0.05) is 6.07 Å². The first-order valence-corrected chi connectivity index (χ1v) is 5.03. The Bertz CT molecular complexity index is 467. The normalized spacial score (nSPS) is 11.6. The summed E-state index contributed by atoms with van der Waals surface area (Å²) in [5, 5.41) is 2.57. The maximum absolute atomic E-state index is 12.6. The van der Waals surface area contributed by atoms with Crippen LogP contribution in [0, 0.1) is 6.92 Å². The molecule has 0 fully saturated rings. The molecule has 1 rings (SSSR count). The second kappa shape index (κ2) is 5.57. The van der Waals surface area contributed by atoms with Crippen molar-refractivity contribution in [2.24, 2.45) is 0 Å². The molecule has 0 unspecified atom stereocenters. The second-order valence-corrected chi connectivity index (χ2v) is 3.53. The van der Waals surface area contributed by atoms with Crippen LogP contribution >= 0.6 is 0 Å². The van der Waals surface area contributed by atoms with Gasteiger partial charge in [0.15, 0.2) is 0 Å². The van der Waals surface area contributed by atoms with Gasteiger partial charge in [0.2, 0.25) is 0 Å². The van der Waals surface area contributed by atoms with Crippen molar-refractivity contribution in [2.75, 3.05) is 12.4 Å². The Balaban J connectivity index is 2.86. The molecule has 0 aliphatic carbocycles. The predicted molar refractivity (Wildman–Crippen MR) is 61.0 cm³/mol. The highest BCUT2D eigenvalue weighted by atomic mass is 19.4. The maximum atomic E-state index is 12.6. The lowest BCUT2D eigenvalue weighted by atomic mass is 10.1. The van der Waals surface area contributed by atoms with Crippen LogP contribution in [0.3, 0.4) is 0 Å². The fraction of sp³-hybridized carbons (Fsp3) is 0.250. The average molecular weight is 259 g/mol. The molecule has 1 aromatic carbocycles. The van der Waals surface area contributed by atoms with Crippen LogP contribution in [0.2, 0.25) is 0 Å². The number of carbonyl (C=O) groups excluding carboxylic acids is 1. The standard InChI is InChI=1S/C12H12F3NO2/c1-8-3-4-9(7-10(8)12(13,14)15)16-6-5-11(17)18-2/h3-7,16H,1-2H3/b6-5+. The molecule has 0 aliphatic heterocycles. The average Bonchev–Trinajstić information content (AvgIpc) is 2.29. The number of aryl methyl sites for hydroxylation is 1. The van der Waals surface area contributed by atoms with Gasteiger partial charge in [-0.05, 0) is 24.6 Å². The molecule has 0 bridgehead atoms. The van der Waals surface area contributed by atoms with E-state index in [1.165, 1.54) is 32.4 Å². The lowest BCUT2D eigenvalue weighted by Crippen LogP contribution is -2.08. The quantitative estimate of drug-likeness (QED) is 0.669. The predicted octanol–water partition coefficient (Wildman–Crippen LogP) is 3.11. The summed E-state index contributed by atoms with van der Waals surface area (Å²) in [5.41, 5.74) is -0.322. The molecule has 1 aromatic rings. The number of halogens is 3. The van der Waals surface area contributed by atoms with Crippen molar-refractivity contribution < 1.29 is 22.7 Å². The van der Waals surface area contributed by atoms with E-state index in [0.29, 0.717) is 0 Å². The van der Waals surface area contributed by atoms with Crippen LogP contribution in [0.25, 0.3) is 0 Å². The van der Waals surface area contributed by atoms with Crippen molar-refractivity contribution in [3.8, 4) is 0 Å². The summed E-state index contributed by atoms with van der Waals surface area (Å²) < 4.78 is 42.2. The molecule has 6 heteroatoms. The van der Waals surface area contributed by atoms with Gasteiger partial charge in [-0.3, -0.25) is 0 Å². The van der Waals surface area contributed by atoms with Crippen LogP contribution in [0.4, 0.5) is 18.9 Å². The lowest BCUT2D eigenvalue weighted by molar-refractivity contribution is -0.138. The number of hydrogen-bond donors (Lipinski definition) is 1. The van der Waals surface area contributed by atoms with Gasteiger partial charge in [-0.15, -0.1) is 0 Å². The fourth-order valence-electron chi connectivity index (χ4n) is 1.29. The van der Waals surface area contributed by atoms with Crippen LogP contribution in [0.15, 0.2) is 30.5 Å². The van der Waals surface area contributed by atoms with Crippen LogP contribution in [0.1, 0.15) is 11.1 Å². The minimum atomic E-state index is -4.40. The smallest absolute Gasteiger partial charge is 0.416 e. The van der Waals surface area contributed by atoms with E-state index in [4.69, 9.17) is 0 Å². The van der Waals surface area contributed by atoms with Crippen molar-refractivity contribution in [3.63, 3.8) is 0 Å². The number of anilines is 1. The first kappa shape index (κ1) is 14.1. The Morgan fingerprint density at radius 2 is 2.06 bits per heavy atom. The highest BCUT2D eigenvalue weighted by Gasteiger charge is 2.32. The lowest BCUT2D eigenvalue weighted by Gasteiger charge is -2.11. The molecule has 3 nitrogen and oxygen atoms in total. The molecule has 0 saturated carbocycles. The molecule has 0 saturated heterocycles. The van der Waals surface area contributed by atoms with E-state index in [-0.39, 0.29) is 11.3 Å². The van der Waals surface area contributed by atoms with E-state index in [2.05, 4.69) is 10.1 Å². The first-order valence-electron chi connectivity index (χ1n) is 5.03. The van der Waals surface area contributed by atoms with Gasteiger partial charge < -0.3 is 10.1 Å². The number of hydrogen-bond acceptors (Lipinski definition) is 3. The van der Waals surface area contributed by atoms with Crippen molar-refractivity contribution in [3.05, 3.63) is 41.6 Å². The number of alkyl halides is 3. The van der Waals surface area contributed by atoms with Gasteiger partial charge in [0.05, 0.1) is 12.7 Å². The van der Waals surface area contributed by atoms with Gasteiger partial charge in [-0.25, -0.2) is 4.79 Å². The van der Waals surface area contributed by atoms with Crippen molar-refractivity contribution >= 4 is 11.7 Å². The molecule has 0 amide bonds. The summed E-state index contributed by atoms with van der Waals surface area (Å²) in [6, 6.07) is 3.83. The van der Waals surface area contributed by atoms with E-state index < -0.39 is 17.7 Å². The summed E-state index contributed by atoms with van der Waals surface area (Å²) in [4.78, 5) is 10.8. The van der Waals surface area contributed by atoms with E-state index in [1.54, 1.807) is 0 Å². The first-order chi connectivity index (χ1) is 8.34. The van der Waals surface area contributed by atoms with E-state index in [0.717, 1.165) is 12.1 Å². The van der Waals surface area contributed by atoms with E-state index in [1.807, 2.05) is 0 Å². The number of rotatable bonds is 3. The zero-order valence-corrected chi connectivity index (χ0v) is 9.84. The van der Waals surface area contributed by atoms with Crippen molar-refractivity contribution in [2.45, 2.75) is 13.1 Å². The SMILES string of the molecule is COC(=O)/C=C/Nc1ccc(C)c(C(F)(F)F)c1. The van der Waals surface area contributed by atoms with Crippen LogP contribution in [-0.4, -0.2) is 13.1 Å². The van der Waals surface area contributed by atoms with Gasteiger partial charge in [0, 0.05) is 18.0 Å². The van der Waals surface area contributed by atoms with E-state index in [9.17, 15) is 18.0 Å². The van der Waals surface area contributed by atoms with Gasteiger partial charge in [0.1, 0.15) is 0 Å². The Morgan fingerprint density at radius 3 is 2.61 bits per heavy atom. The number of methoxy groups -OCH3 is 1. The van der Waals surface area contributed by atoms with E-state index >= 15 is 0 Å². The molecule has 98 valence electrons. The summed E-state index contributed by atoms with van der Waals surface area (Å²) in [6.45, 7) is 1.39. The Kier molecular flexibility index (Phi) is 4.36. The second-order valence-electron chi connectivity index (χ2n) is 3.53. The minimum Gasteiger partial charge on any atom is -0.466 e. The minimum absolute atomic E-state index is 0.144. The topological polar surface area (TPSA) is 38.3 Å². The third kappa shape index (κ3) is 3.80. The maximum Gasteiger partial charge on any atom is 0.416 e. The monoisotopic (exact) mass is 259 g/mol. The molecule has 0 atom stereocenters. The summed E-state index contributed by atoms with van der Waals surface area (Å²) in [7, 11) is 1.21. The summed E-state index contributed by atoms with van der Waals surface area (Å²) >= 11 is 0. The molecule has 0 heterocycles. The van der Waals surface area contributed by atoms with Crippen molar-refractivity contribution in [1.29, 1.82) is 0 Å². The number of ether oxygens (including phenoxy) is 1. The van der Waals surface area contributed by atoms with Crippen LogP contribution < -0.4 is 5.32 Å².